The van der Waals surface area contributed by atoms with E-state index in [1.807, 2.05) is 6.92 Å². The van der Waals surface area contributed by atoms with Gasteiger partial charge in [-0.05, 0) is 5.92 Å². The van der Waals surface area contributed by atoms with Crippen LogP contribution < -0.4 is 10.6 Å². The van der Waals surface area contributed by atoms with E-state index in [0.717, 1.165) is 0 Å². The number of urea groups is 1. The van der Waals surface area contributed by atoms with Gasteiger partial charge in [0.05, 0.1) is 12.7 Å². The largest absolute Gasteiger partial charge is 0.480 e. The molecule has 0 saturated carbocycles. The first kappa shape index (κ1) is 14.9. The highest BCUT2D eigenvalue weighted by atomic mass is 16.4. The molecule has 1 aromatic rings. The molecule has 1 unspecified atom stereocenters. The Kier molecular flexibility index (Phi) is 5.77. The third-order valence-electron chi connectivity index (χ3n) is 2.86. The van der Waals surface area contributed by atoms with Gasteiger partial charge in [0.2, 0.25) is 0 Å². The van der Waals surface area contributed by atoms with Crippen molar-refractivity contribution in [1.82, 2.24) is 25.6 Å². The van der Waals surface area contributed by atoms with E-state index >= 15 is 0 Å². The molecule has 0 aliphatic rings. The molecule has 2 atom stereocenters. The number of aliphatic carboxylic acids is 1. The summed E-state index contributed by atoms with van der Waals surface area (Å²) in [4.78, 5) is 22.6. The van der Waals surface area contributed by atoms with E-state index < -0.39 is 18.0 Å². The molecule has 0 saturated heterocycles. The number of carbonyl (C=O) groups excluding carboxylic acids is 1. The van der Waals surface area contributed by atoms with E-state index in [1.54, 1.807) is 24.0 Å². The number of nitrogens with zero attached hydrogens (tertiary/aromatic N) is 3. The molecular weight excluding hydrogens is 250 g/mol. The summed E-state index contributed by atoms with van der Waals surface area (Å²) >= 11 is 0. The van der Waals surface area contributed by atoms with Crippen molar-refractivity contribution in [3.63, 3.8) is 0 Å². The smallest absolute Gasteiger partial charge is 0.326 e. The van der Waals surface area contributed by atoms with E-state index in [0.29, 0.717) is 19.5 Å². The Balaban J connectivity index is 2.34. The van der Waals surface area contributed by atoms with Crippen molar-refractivity contribution in [2.45, 2.75) is 32.9 Å². The molecule has 0 radical (unpaired) electrons. The lowest BCUT2D eigenvalue weighted by molar-refractivity contribution is -0.140. The van der Waals surface area contributed by atoms with Crippen LogP contribution in [0.4, 0.5) is 4.79 Å². The molecule has 0 aromatic carbocycles. The molecular formula is C11H19N5O3. The summed E-state index contributed by atoms with van der Waals surface area (Å²) in [6.07, 6.45) is 3.90. The quantitative estimate of drug-likeness (QED) is 0.649. The lowest BCUT2D eigenvalue weighted by Crippen LogP contribution is -2.49. The summed E-state index contributed by atoms with van der Waals surface area (Å²) < 4.78 is 1.57. The van der Waals surface area contributed by atoms with Gasteiger partial charge < -0.3 is 15.7 Å². The zero-order valence-corrected chi connectivity index (χ0v) is 11.0. The first-order valence-electron chi connectivity index (χ1n) is 6.15. The van der Waals surface area contributed by atoms with Crippen LogP contribution in [0.5, 0.6) is 0 Å². The van der Waals surface area contributed by atoms with Crippen LogP contribution in [0.25, 0.3) is 0 Å². The van der Waals surface area contributed by atoms with Crippen molar-refractivity contribution >= 4 is 12.0 Å². The zero-order chi connectivity index (χ0) is 14.3. The average Bonchev–Trinajstić information content (AvgIpc) is 2.87. The summed E-state index contributed by atoms with van der Waals surface area (Å²) in [5.41, 5.74) is 0. The van der Waals surface area contributed by atoms with Gasteiger partial charge in [0, 0.05) is 12.7 Å². The van der Waals surface area contributed by atoms with Crippen molar-refractivity contribution in [2.24, 2.45) is 5.92 Å². The van der Waals surface area contributed by atoms with Crippen LogP contribution >= 0.6 is 0 Å². The Hall–Kier alpha value is -2.12. The molecule has 3 N–H and O–H groups in total. The van der Waals surface area contributed by atoms with Crippen LogP contribution in [0.3, 0.4) is 0 Å². The third kappa shape index (κ3) is 4.94. The normalized spacial score (nSPS) is 13.6. The standard InChI is InChI=1S/C11H19N5O3/c1-3-8(2)9(10(17)18)14-11(19)12-4-6-16-7-5-13-15-16/h5,7-9H,3-4,6H2,1-2H3,(H,17,18)(H2,12,14,19)/t8?,9-/m0/s1. The fourth-order valence-corrected chi connectivity index (χ4v) is 1.51. The summed E-state index contributed by atoms with van der Waals surface area (Å²) in [5, 5.41) is 21.4. The lowest BCUT2D eigenvalue weighted by Gasteiger charge is -2.20. The number of nitrogens with one attached hydrogen (secondary N) is 2. The first-order chi connectivity index (χ1) is 9.04. The molecule has 0 aliphatic carbocycles. The maximum atomic E-state index is 11.6. The minimum Gasteiger partial charge on any atom is -0.480 e. The van der Waals surface area contributed by atoms with Gasteiger partial charge in [0.1, 0.15) is 6.04 Å². The fourth-order valence-electron chi connectivity index (χ4n) is 1.51. The van der Waals surface area contributed by atoms with Crippen LogP contribution in [-0.2, 0) is 11.3 Å². The molecule has 19 heavy (non-hydrogen) atoms. The van der Waals surface area contributed by atoms with E-state index in [-0.39, 0.29) is 5.92 Å². The number of carboxylic acids is 1. The topological polar surface area (TPSA) is 109 Å². The van der Waals surface area contributed by atoms with Gasteiger partial charge in [-0.15, -0.1) is 5.10 Å². The Morgan fingerprint density at radius 1 is 1.47 bits per heavy atom. The molecule has 1 rings (SSSR count). The number of rotatable bonds is 7. The molecule has 0 spiro atoms. The predicted octanol–water partition coefficient (Wildman–Crippen LogP) is 0.0766. The number of carbonyl (C=O) groups is 2. The summed E-state index contributed by atoms with van der Waals surface area (Å²) in [7, 11) is 0. The molecule has 1 aromatic heterocycles. The maximum absolute atomic E-state index is 11.6. The molecule has 1 heterocycles. The number of hydrogen-bond acceptors (Lipinski definition) is 4. The Morgan fingerprint density at radius 2 is 2.21 bits per heavy atom. The second-order valence-electron chi connectivity index (χ2n) is 4.27. The van der Waals surface area contributed by atoms with Crippen molar-refractivity contribution in [2.75, 3.05) is 6.54 Å². The SMILES string of the molecule is CCC(C)[C@H](NC(=O)NCCn1ccnn1)C(=O)O. The predicted molar refractivity (Wildman–Crippen MR) is 67.4 cm³/mol. The minimum absolute atomic E-state index is 0.126. The van der Waals surface area contributed by atoms with Crippen molar-refractivity contribution < 1.29 is 14.7 Å². The van der Waals surface area contributed by atoms with E-state index in [9.17, 15) is 9.59 Å². The summed E-state index contributed by atoms with van der Waals surface area (Å²) in [6.45, 7) is 4.50. The van der Waals surface area contributed by atoms with Crippen LogP contribution in [0, 0.1) is 5.92 Å². The molecule has 2 amide bonds. The number of aromatic nitrogens is 3. The van der Waals surface area contributed by atoms with E-state index in [1.165, 1.54) is 0 Å². The highest BCUT2D eigenvalue weighted by molar-refractivity contribution is 5.82. The van der Waals surface area contributed by atoms with Crippen molar-refractivity contribution in [3.8, 4) is 0 Å². The van der Waals surface area contributed by atoms with Gasteiger partial charge in [0.25, 0.3) is 0 Å². The monoisotopic (exact) mass is 269 g/mol. The highest BCUT2D eigenvalue weighted by Gasteiger charge is 2.24. The van der Waals surface area contributed by atoms with Gasteiger partial charge in [0.15, 0.2) is 0 Å². The Labute approximate surface area is 111 Å². The van der Waals surface area contributed by atoms with Crippen LogP contribution in [0.15, 0.2) is 12.4 Å². The van der Waals surface area contributed by atoms with Crippen LogP contribution in [-0.4, -0.2) is 44.7 Å². The minimum atomic E-state index is -1.03. The number of amides is 2. The average molecular weight is 269 g/mol. The molecule has 0 aliphatic heterocycles. The lowest BCUT2D eigenvalue weighted by atomic mass is 9.99. The first-order valence-corrected chi connectivity index (χ1v) is 6.15. The summed E-state index contributed by atoms with van der Waals surface area (Å²) in [5.74, 6) is -1.15. The van der Waals surface area contributed by atoms with E-state index in [2.05, 4.69) is 20.9 Å². The molecule has 0 bridgehead atoms. The summed E-state index contributed by atoms with van der Waals surface area (Å²) in [6, 6.07) is -1.37. The van der Waals surface area contributed by atoms with Gasteiger partial charge >= 0.3 is 12.0 Å². The molecule has 8 heteroatoms. The van der Waals surface area contributed by atoms with Crippen molar-refractivity contribution in [3.05, 3.63) is 12.4 Å². The van der Waals surface area contributed by atoms with Gasteiger partial charge in [-0.2, -0.15) is 0 Å². The van der Waals surface area contributed by atoms with Gasteiger partial charge in [-0.25, -0.2) is 9.59 Å². The molecule has 0 fully saturated rings. The molecule has 106 valence electrons. The second kappa shape index (κ2) is 7.34. The number of hydrogen-bond donors (Lipinski definition) is 3. The van der Waals surface area contributed by atoms with Gasteiger partial charge in [-0.3, -0.25) is 4.68 Å². The third-order valence-corrected chi connectivity index (χ3v) is 2.86. The zero-order valence-electron chi connectivity index (χ0n) is 11.0. The maximum Gasteiger partial charge on any atom is 0.326 e. The van der Waals surface area contributed by atoms with Gasteiger partial charge in [-0.1, -0.05) is 25.5 Å². The van der Waals surface area contributed by atoms with E-state index in [4.69, 9.17) is 5.11 Å². The highest BCUT2D eigenvalue weighted by Crippen LogP contribution is 2.07. The number of carboxylic acid groups (broad SMARTS) is 1. The second-order valence-corrected chi connectivity index (χ2v) is 4.27. The van der Waals surface area contributed by atoms with Crippen molar-refractivity contribution in [1.29, 1.82) is 0 Å². The molecule has 8 nitrogen and oxygen atoms in total. The van der Waals surface area contributed by atoms with Crippen LogP contribution in [0.1, 0.15) is 20.3 Å². The Bertz CT molecular complexity index is 406. The van der Waals surface area contributed by atoms with Crippen LogP contribution in [0.2, 0.25) is 0 Å². The Morgan fingerprint density at radius 3 is 2.74 bits per heavy atom. The fraction of sp³-hybridized carbons (Fsp3) is 0.636.